The third kappa shape index (κ3) is 3.95. The van der Waals surface area contributed by atoms with Gasteiger partial charge in [-0.05, 0) is 31.2 Å². The first-order chi connectivity index (χ1) is 12.0. The van der Waals surface area contributed by atoms with Crippen LogP contribution in [0.5, 0.6) is 0 Å². The molecule has 2 amide bonds. The van der Waals surface area contributed by atoms with Gasteiger partial charge in [-0.2, -0.15) is 0 Å². The lowest BCUT2D eigenvalue weighted by molar-refractivity contribution is -0.682. The van der Waals surface area contributed by atoms with Gasteiger partial charge in [-0.15, -0.1) is 0 Å². The number of amides is 2. The van der Waals surface area contributed by atoms with Crippen LogP contribution in [0.3, 0.4) is 0 Å². The number of carbonyl (C=O) groups excluding carboxylic acids is 2. The first-order valence-corrected chi connectivity index (χ1v) is 8.69. The second-order valence-electron chi connectivity index (χ2n) is 5.94. The van der Waals surface area contributed by atoms with E-state index in [1.54, 1.807) is 18.2 Å². The van der Waals surface area contributed by atoms with E-state index in [0.29, 0.717) is 15.7 Å². The zero-order valence-electron chi connectivity index (χ0n) is 13.6. The van der Waals surface area contributed by atoms with E-state index in [4.69, 9.17) is 23.2 Å². The molecule has 0 aliphatic carbocycles. The molecule has 1 heterocycles. The van der Waals surface area contributed by atoms with Crippen molar-refractivity contribution in [3.63, 3.8) is 0 Å². The minimum atomic E-state index is -0.194. The first-order valence-electron chi connectivity index (χ1n) is 7.93. The smallest absolute Gasteiger partial charge is 0.282 e. The molecule has 3 rings (SSSR count). The molecule has 130 valence electrons. The van der Waals surface area contributed by atoms with Crippen LogP contribution in [-0.2, 0) is 9.59 Å². The topological polar surface area (TPSA) is 66.0 Å². The van der Waals surface area contributed by atoms with Crippen molar-refractivity contribution in [2.75, 3.05) is 23.3 Å². The Labute approximate surface area is 155 Å². The average Bonchev–Trinajstić information content (AvgIpc) is 2.58. The van der Waals surface area contributed by atoms with Crippen LogP contribution >= 0.6 is 23.2 Å². The number of nitrogens with one attached hydrogen (secondary N) is 1. The quantitative estimate of drug-likeness (QED) is 0.858. The van der Waals surface area contributed by atoms with E-state index in [9.17, 15) is 9.59 Å². The van der Waals surface area contributed by atoms with E-state index in [0.717, 1.165) is 11.3 Å². The molecular formula is C18H18Cl2N3O2+. The Kier molecular flexibility index (Phi) is 5.27. The summed E-state index contributed by atoms with van der Waals surface area (Å²) in [6, 6.07) is 12.6. The lowest BCUT2D eigenvalue weighted by Crippen LogP contribution is -2.87. The second kappa shape index (κ2) is 7.44. The zero-order chi connectivity index (χ0) is 18.0. The number of nitrogens with zero attached hydrogens (tertiary/aromatic N) is 1. The Morgan fingerprint density at radius 2 is 2.04 bits per heavy atom. The minimum absolute atomic E-state index is 0.0115. The highest BCUT2D eigenvalue weighted by atomic mass is 35.5. The molecule has 1 aliphatic rings. The minimum Gasteiger partial charge on any atom is -0.332 e. The molecule has 3 N–H and O–H groups in total. The fraction of sp³-hybridized carbons (Fsp3) is 0.222. The van der Waals surface area contributed by atoms with Crippen LogP contribution in [0.25, 0.3) is 0 Å². The van der Waals surface area contributed by atoms with Crippen LogP contribution in [-0.4, -0.2) is 24.9 Å². The molecule has 2 aromatic rings. The summed E-state index contributed by atoms with van der Waals surface area (Å²) >= 11 is 12.1. The summed E-state index contributed by atoms with van der Waals surface area (Å²) in [6.45, 7) is 2.21. The summed E-state index contributed by atoms with van der Waals surface area (Å²) in [5.74, 6) is -0.319. The maximum atomic E-state index is 12.6. The summed E-state index contributed by atoms with van der Waals surface area (Å²) in [5, 5.41) is 5.82. The van der Waals surface area contributed by atoms with Crippen LogP contribution in [0.1, 0.15) is 18.5 Å². The molecule has 7 heteroatoms. The van der Waals surface area contributed by atoms with E-state index >= 15 is 0 Å². The number of fused-ring (bicyclic) bond motifs is 1. The summed E-state index contributed by atoms with van der Waals surface area (Å²) < 4.78 is 0. The van der Waals surface area contributed by atoms with Crippen LogP contribution in [0, 0.1) is 0 Å². The van der Waals surface area contributed by atoms with Gasteiger partial charge in [0, 0.05) is 10.6 Å². The highest BCUT2D eigenvalue weighted by Crippen LogP contribution is 2.28. The Hall–Kier alpha value is -2.08. The molecule has 0 bridgehead atoms. The molecule has 25 heavy (non-hydrogen) atoms. The van der Waals surface area contributed by atoms with E-state index < -0.39 is 0 Å². The van der Waals surface area contributed by atoms with Crippen LogP contribution < -0.4 is 15.5 Å². The van der Waals surface area contributed by atoms with Crippen molar-refractivity contribution in [1.29, 1.82) is 0 Å². The van der Waals surface area contributed by atoms with Gasteiger partial charge >= 0.3 is 0 Å². The standard InChI is InChI=1S/C18H17Cl2N3O2/c1-11(13-7-6-12(19)8-14(13)20)21-9-18(25)23-10-17(24)22-15-4-2-3-5-16(15)23/h2-8,11,21H,9-10H2,1H3,(H,22,24)/p+1/t11-/m1/s1. The van der Waals surface area contributed by atoms with Gasteiger partial charge in [0.2, 0.25) is 5.91 Å². The van der Waals surface area contributed by atoms with Crippen LogP contribution in [0.2, 0.25) is 10.0 Å². The van der Waals surface area contributed by atoms with Gasteiger partial charge in [0.25, 0.3) is 5.91 Å². The molecule has 0 radical (unpaired) electrons. The van der Waals surface area contributed by atoms with E-state index in [1.807, 2.05) is 36.5 Å². The third-order valence-corrected chi connectivity index (χ3v) is 4.73. The summed E-state index contributed by atoms with van der Waals surface area (Å²) in [6.07, 6.45) is 0. The predicted molar refractivity (Wildman–Crippen MR) is 99.1 cm³/mol. The Morgan fingerprint density at radius 3 is 2.80 bits per heavy atom. The van der Waals surface area contributed by atoms with Gasteiger partial charge < -0.3 is 10.6 Å². The van der Waals surface area contributed by atoms with Gasteiger partial charge in [0.05, 0.1) is 16.4 Å². The van der Waals surface area contributed by atoms with E-state index in [1.165, 1.54) is 4.90 Å². The number of benzene rings is 2. The number of halogens is 2. The monoisotopic (exact) mass is 378 g/mol. The van der Waals surface area contributed by atoms with Crippen LogP contribution in [0.15, 0.2) is 42.5 Å². The van der Waals surface area contributed by atoms with Gasteiger partial charge in [-0.3, -0.25) is 14.5 Å². The summed E-state index contributed by atoms with van der Waals surface area (Å²) in [5.41, 5.74) is 2.29. The number of rotatable bonds is 4. The molecular weight excluding hydrogens is 361 g/mol. The highest BCUT2D eigenvalue weighted by Gasteiger charge is 2.28. The lowest BCUT2D eigenvalue weighted by atomic mass is 10.1. The Balaban J connectivity index is 1.69. The largest absolute Gasteiger partial charge is 0.332 e. The van der Waals surface area contributed by atoms with Crippen molar-refractivity contribution < 1.29 is 14.9 Å². The van der Waals surface area contributed by atoms with E-state index in [2.05, 4.69) is 5.32 Å². The molecule has 0 saturated carbocycles. The molecule has 1 aliphatic heterocycles. The normalized spacial score (nSPS) is 14.7. The SMILES string of the molecule is C[C@@H]([NH2+]CC(=O)N1CC(=O)Nc2ccccc21)c1ccc(Cl)cc1Cl. The van der Waals surface area contributed by atoms with Crippen molar-refractivity contribution in [3.05, 3.63) is 58.1 Å². The Morgan fingerprint density at radius 1 is 1.28 bits per heavy atom. The number of para-hydroxylation sites is 2. The van der Waals surface area contributed by atoms with Crippen molar-refractivity contribution in [1.82, 2.24) is 0 Å². The number of nitrogens with two attached hydrogens (primary N) is 1. The molecule has 1 atom stereocenters. The average molecular weight is 379 g/mol. The highest BCUT2D eigenvalue weighted by molar-refractivity contribution is 6.35. The fourth-order valence-electron chi connectivity index (χ4n) is 2.84. The molecule has 0 fully saturated rings. The maximum absolute atomic E-state index is 12.6. The number of carbonyl (C=O) groups is 2. The van der Waals surface area contributed by atoms with Crippen molar-refractivity contribution in [2.24, 2.45) is 0 Å². The van der Waals surface area contributed by atoms with E-state index in [-0.39, 0.29) is 30.9 Å². The van der Waals surface area contributed by atoms with Crippen molar-refractivity contribution in [3.8, 4) is 0 Å². The van der Waals surface area contributed by atoms with Gasteiger partial charge in [0.15, 0.2) is 6.54 Å². The third-order valence-electron chi connectivity index (χ3n) is 4.17. The molecule has 0 spiro atoms. The van der Waals surface area contributed by atoms with Gasteiger partial charge in [-0.25, -0.2) is 0 Å². The Bertz CT molecular complexity index is 826. The van der Waals surface area contributed by atoms with Gasteiger partial charge in [-0.1, -0.05) is 41.4 Å². The molecule has 5 nitrogen and oxygen atoms in total. The molecule has 0 saturated heterocycles. The summed E-state index contributed by atoms with van der Waals surface area (Å²) in [7, 11) is 0. The zero-order valence-corrected chi connectivity index (χ0v) is 15.1. The molecule has 0 aromatic heterocycles. The second-order valence-corrected chi connectivity index (χ2v) is 6.78. The van der Waals surface area contributed by atoms with Crippen LogP contribution in [0.4, 0.5) is 11.4 Å². The molecule has 2 aromatic carbocycles. The van der Waals surface area contributed by atoms with Crippen molar-refractivity contribution in [2.45, 2.75) is 13.0 Å². The maximum Gasteiger partial charge on any atom is 0.282 e. The molecule has 0 unspecified atom stereocenters. The summed E-state index contributed by atoms with van der Waals surface area (Å²) in [4.78, 5) is 26.0. The number of hydrogen-bond donors (Lipinski definition) is 2. The first kappa shape index (κ1) is 17.7. The number of quaternary nitrogens is 1. The number of hydrogen-bond acceptors (Lipinski definition) is 2. The number of anilines is 2. The lowest BCUT2D eigenvalue weighted by Gasteiger charge is -2.28. The van der Waals surface area contributed by atoms with Gasteiger partial charge in [0.1, 0.15) is 12.6 Å². The fourth-order valence-corrected chi connectivity index (χ4v) is 3.42. The van der Waals surface area contributed by atoms with Crippen molar-refractivity contribution >= 4 is 46.4 Å². The predicted octanol–water partition coefficient (Wildman–Crippen LogP) is 2.60.